The summed E-state index contributed by atoms with van der Waals surface area (Å²) in [5.74, 6) is -0.224. The molecule has 25 heavy (non-hydrogen) atoms. The van der Waals surface area contributed by atoms with Crippen LogP contribution in [0.3, 0.4) is 0 Å². The van der Waals surface area contributed by atoms with E-state index in [1.165, 1.54) is 6.82 Å². The zero-order chi connectivity index (χ0) is 18.0. The molecule has 5 nitrogen and oxygen atoms in total. The average molecular weight is 583 g/mol. The first kappa shape index (κ1) is 23.7. The standard InChI is InChI=1S/C17H20N2O3.CH3B.Fm/c1-2-12-22-17(21)9-8-15-4-6-16(7-5-15)13-18-10-3-11-19-14-20;1-2;/h2,4-7H,1,3,8-12H2,(H,19,20);1H3;. The number of hydrogen-bond acceptors (Lipinski definition) is 3. The first-order valence-corrected chi connectivity index (χ1v) is 7.72. The molecule has 0 bridgehead atoms. The Morgan fingerprint density at radius 1 is 1.40 bits per heavy atom. The fraction of sp³-hybridized carbons (Fsp3) is 0.389. The fourth-order valence-corrected chi connectivity index (χ4v) is 1.66. The Kier molecular flexibility index (Phi) is 16.0. The molecule has 1 N–H and O–H groups in total. The van der Waals surface area contributed by atoms with Crippen molar-refractivity contribution in [3.8, 4) is 6.07 Å². The molecule has 0 heterocycles. The van der Waals surface area contributed by atoms with Crippen LogP contribution >= 0.6 is 0 Å². The number of esters is 1. The Morgan fingerprint density at radius 3 is 2.68 bits per heavy atom. The summed E-state index contributed by atoms with van der Waals surface area (Å²) in [6.45, 7) is 6.41. The number of amides is 1. The number of carbonyl (C=O) groups excluding carboxylic acids is 2. The van der Waals surface area contributed by atoms with Gasteiger partial charge in [-0.2, -0.15) is 6.41 Å². The molecule has 0 saturated heterocycles. The normalized spacial score (nSPS) is 8.36. The second-order valence-corrected chi connectivity index (χ2v) is 4.54. The van der Waals surface area contributed by atoms with Gasteiger partial charge in [0.15, 0.2) is 0 Å². The van der Waals surface area contributed by atoms with E-state index >= 15 is 0 Å². The van der Waals surface area contributed by atoms with Crippen LogP contribution in [0.2, 0.25) is 6.82 Å². The minimum absolute atomic E-state index is 0. The molecule has 7 heteroatoms. The number of nitrogens with one attached hydrogen (secondary N) is 1. The Bertz CT molecular complexity index is 554. The summed E-state index contributed by atoms with van der Waals surface area (Å²) in [6, 6.07) is 10.6. The Labute approximate surface area is 145 Å². The van der Waals surface area contributed by atoms with Crippen molar-refractivity contribution >= 4 is 20.2 Å². The van der Waals surface area contributed by atoms with Crippen molar-refractivity contribution in [3.05, 3.63) is 52.9 Å². The van der Waals surface area contributed by atoms with Gasteiger partial charge in [-0.1, -0.05) is 36.5 Å². The number of ether oxygens (including phenoxy) is 1. The minimum atomic E-state index is -0.224. The van der Waals surface area contributed by atoms with Crippen molar-refractivity contribution in [3.63, 3.8) is 0 Å². The van der Waals surface area contributed by atoms with Crippen LogP contribution in [0.25, 0.3) is 4.85 Å². The molecule has 0 atom stereocenters. The number of rotatable bonds is 9. The van der Waals surface area contributed by atoms with E-state index < -0.39 is 0 Å². The van der Waals surface area contributed by atoms with Gasteiger partial charge < -0.3 is 14.8 Å². The predicted molar refractivity (Wildman–Crippen MR) is 97.1 cm³/mol. The van der Waals surface area contributed by atoms with E-state index in [1.807, 2.05) is 24.3 Å². The maximum absolute atomic E-state index is 11.4. The van der Waals surface area contributed by atoms with Crippen molar-refractivity contribution < 1.29 is 14.3 Å². The van der Waals surface area contributed by atoms with Gasteiger partial charge in [0.05, 0.1) is 7.85 Å². The van der Waals surface area contributed by atoms with E-state index in [4.69, 9.17) is 4.74 Å². The third kappa shape index (κ3) is 12.7. The third-order valence-corrected chi connectivity index (χ3v) is 2.79. The van der Waals surface area contributed by atoms with Crippen molar-refractivity contribution in [1.82, 2.24) is 5.32 Å². The average Bonchev–Trinajstić information content (AvgIpc) is 2.63. The van der Waals surface area contributed by atoms with Crippen molar-refractivity contribution in [2.75, 3.05) is 19.7 Å². The molecular formula is C18H23BFmN2O3. The molecular weight excluding hydrogens is 560 g/mol. The van der Waals surface area contributed by atoms with E-state index in [1.54, 1.807) is 12.5 Å². The molecule has 0 spiro atoms. The fourth-order valence-electron chi connectivity index (χ4n) is 1.66. The van der Waals surface area contributed by atoms with E-state index in [2.05, 4.69) is 30.7 Å². The second kappa shape index (κ2) is 16.8. The number of carbonyl (C=O) groups is 1. The molecule has 1 rings (SSSR count). The van der Waals surface area contributed by atoms with Crippen LogP contribution in [0.5, 0.6) is 0 Å². The number of aryl methyl sites for hydroxylation is 1. The van der Waals surface area contributed by atoms with E-state index in [9.17, 15) is 9.59 Å². The van der Waals surface area contributed by atoms with Gasteiger partial charge in [0.2, 0.25) is 0 Å². The van der Waals surface area contributed by atoms with Crippen LogP contribution in [-0.4, -0.2) is 39.9 Å². The zero-order valence-corrected chi connectivity index (χ0v) is 16.8. The summed E-state index contributed by atoms with van der Waals surface area (Å²) in [7, 11) is 4.50. The van der Waals surface area contributed by atoms with Crippen molar-refractivity contribution in [2.24, 2.45) is 0 Å². The SMILES string of the molecule is C=CCOC(=O)CCc1ccc(C#[N+]CCCN[C-]=O)cc1.[B]C.[Fm]. The Balaban J connectivity index is 0. The van der Waals surface area contributed by atoms with Crippen LogP contribution in [0.15, 0.2) is 36.9 Å². The van der Waals surface area contributed by atoms with Crippen LogP contribution < -0.4 is 5.32 Å². The zero-order valence-electron chi connectivity index (χ0n) is 14.4. The van der Waals surface area contributed by atoms with E-state index in [-0.39, 0.29) is 12.6 Å². The monoisotopic (exact) mass is 583 g/mol. The van der Waals surface area contributed by atoms with Gasteiger partial charge in [-0.15, -0.1) is 0 Å². The van der Waals surface area contributed by atoms with Gasteiger partial charge in [0.25, 0.3) is 6.54 Å². The molecule has 0 aliphatic carbocycles. The maximum atomic E-state index is 11.4. The Morgan fingerprint density at radius 2 is 2.08 bits per heavy atom. The molecule has 1 aromatic carbocycles. The molecule has 0 aliphatic rings. The smallest absolute Gasteiger partial charge is 0.311 e. The summed E-state index contributed by atoms with van der Waals surface area (Å²) in [4.78, 5) is 25.4. The summed E-state index contributed by atoms with van der Waals surface area (Å²) < 4.78 is 4.92. The number of benzene rings is 1. The van der Waals surface area contributed by atoms with Crippen LogP contribution in [-0.2, 0) is 20.7 Å². The molecule has 0 fully saturated rings. The minimum Gasteiger partial charge on any atom is -0.530 e. The Hall–Kier alpha value is -3.55. The maximum Gasteiger partial charge on any atom is 0.311 e. The van der Waals surface area contributed by atoms with Crippen molar-refractivity contribution in [1.29, 1.82) is 0 Å². The van der Waals surface area contributed by atoms with Crippen LogP contribution in [0.4, 0.5) is 0 Å². The van der Waals surface area contributed by atoms with Gasteiger partial charge in [-0.05, 0) is 30.7 Å². The molecule has 0 unspecified atom stereocenters. The predicted octanol–water partition coefficient (Wildman–Crippen LogP) is 2.28. The molecule has 0 aromatic heterocycles. The number of nitrogens with zero attached hydrogens (tertiary/aromatic N) is 1. The topological polar surface area (TPSA) is 59.8 Å². The molecule has 138 valence electrons. The second-order valence-electron chi connectivity index (χ2n) is 4.54. The summed E-state index contributed by atoms with van der Waals surface area (Å²) in [6.07, 6.45) is 4.91. The summed E-state index contributed by atoms with van der Waals surface area (Å²) in [5.41, 5.74) is 1.94. The van der Waals surface area contributed by atoms with Crippen molar-refractivity contribution in [2.45, 2.75) is 26.1 Å². The number of hydrogen-bond donors (Lipinski definition) is 1. The van der Waals surface area contributed by atoms with Gasteiger partial charge in [0.1, 0.15) is 12.2 Å². The third-order valence-electron chi connectivity index (χ3n) is 2.79. The van der Waals surface area contributed by atoms with E-state index in [0.29, 0.717) is 25.9 Å². The molecule has 1 aromatic rings. The molecule has 0 aliphatic heterocycles. The quantitative estimate of drug-likeness (QED) is 0.121. The van der Waals surface area contributed by atoms with Crippen LogP contribution in [0.1, 0.15) is 24.0 Å². The summed E-state index contributed by atoms with van der Waals surface area (Å²) in [5, 5.41) is 2.45. The van der Waals surface area contributed by atoms with Gasteiger partial charge in [0, 0.05) is 12.8 Å². The van der Waals surface area contributed by atoms with Gasteiger partial charge in [-0.3, -0.25) is 4.79 Å². The van der Waals surface area contributed by atoms with Gasteiger partial charge in [-0.25, -0.2) is 0 Å². The van der Waals surface area contributed by atoms with E-state index in [0.717, 1.165) is 17.5 Å². The van der Waals surface area contributed by atoms with Crippen LogP contribution in [0, 0.1) is 6.07 Å². The molecule has 1 amide bonds. The first-order valence-electron chi connectivity index (χ1n) is 7.72. The van der Waals surface area contributed by atoms with Gasteiger partial charge >= 0.3 is 12.0 Å². The molecule has 0 saturated carbocycles. The summed E-state index contributed by atoms with van der Waals surface area (Å²) >= 11 is 0. The molecule has 2 radical (unpaired) electrons. The largest absolute Gasteiger partial charge is 0.530 e. The first-order chi connectivity index (χ1) is 11.8.